The number of rotatable bonds is 0. The van der Waals surface area contributed by atoms with Crippen molar-refractivity contribution in [3.05, 3.63) is 0 Å². The smallest absolute Gasteiger partial charge is 0.119 e. The number of nitrogens with one attached hydrogen (secondary N) is 1. The lowest BCUT2D eigenvalue weighted by Crippen LogP contribution is -2.51. The van der Waals surface area contributed by atoms with Gasteiger partial charge in [-0.05, 0) is 6.92 Å². The summed E-state index contributed by atoms with van der Waals surface area (Å²) in [6.45, 7) is 4.28. The molecule has 1 atom stereocenters. The first-order valence-electron chi connectivity index (χ1n) is 2.72. The van der Waals surface area contributed by atoms with Crippen LogP contribution in [0.3, 0.4) is 0 Å². The highest BCUT2D eigenvalue weighted by Crippen LogP contribution is 2.38. The second-order valence-electron chi connectivity index (χ2n) is 2.43. The first kappa shape index (κ1) is 3.87. The van der Waals surface area contributed by atoms with Crippen LogP contribution < -0.4 is 5.32 Å². The highest BCUT2D eigenvalue weighted by Gasteiger charge is 2.57. The molecule has 0 radical (unpaired) electrons. The van der Waals surface area contributed by atoms with Crippen LogP contribution >= 0.6 is 0 Å². The lowest BCUT2D eigenvalue weighted by Gasteiger charge is -2.23. The Morgan fingerprint density at radius 2 is 2.29 bits per heavy atom. The number of hydrogen-bond donors (Lipinski definition) is 1. The maximum atomic E-state index is 5.28. The first-order valence-corrected chi connectivity index (χ1v) is 2.72. The van der Waals surface area contributed by atoms with Gasteiger partial charge in [-0.3, -0.25) is 0 Å². The van der Waals surface area contributed by atoms with Crippen LogP contribution in [0.4, 0.5) is 0 Å². The van der Waals surface area contributed by atoms with Crippen LogP contribution in [0.25, 0.3) is 0 Å². The van der Waals surface area contributed by atoms with E-state index in [1.807, 2.05) is 0 Å². The summed E-state index contributed by atoms with van der Waals surface area (Å²) in [6.07, 6.45) is 0.536. The minimum atomic E-state index is 0.319. The molecule has 2 heterocycles. The van der Waals surface area contributed by atoms with Crippen LogP contribution in [-0.2, 0) is 4.74 Å². The molecule has 0 aromatic rings. The van der Waals surface area contributed by atoms with Gasteiger partial charge in [-0.25, -0.2) is 0 Å². The molecule has 0 saturated carbocycles. The molecule has 2 nitrogen and oxygen atoms in total. The van der Waals surface area contributed by atoms with E-state index in [2.05, 4.69) is 12.2 Å². The van der Waals surface area contributed by atoms with Crippen LogP contribution in [0.5, 0.6) is 0 Å². The molecule has 40 valence electrons. The Morgan fingerprint density at radius 1 is 1.71 bits per heavy atom. The van der Waals surface area contributed by atoms with Gasteiger partial charge in [0.05, 0.1) is 6.10 Å². The summed E-state index contributed by atoms with van der Waals surface area (Å²) in [4.78, 5) is 0. The molecule has 1 spiro atoms. The Bertz CT molecular complexity index is 92.7. The minimum absolute atomic E-state index is 0.319. The van der Waals surface area contributed by atoms with Crippen LogP contribution in [0.15, 0.2) is 0 Å². The summed E-state index contributed by atoms with van der Waals surface area (Å²) in [5, 5.41) is 3.17. The van der Waals surface area contributed by atoms with Crippen LogP contribution in [0.2, 0.25) is 0 Å². The van der Waals surface area contributed by atoms with Crippen molar-refractivity contribution in [3.63, 3.8) is 0 Å². The molecule has 0 aliphatic carbocycles. The van der Waals surface area contributed by atoms with Crippen LogP contribution in [-0.4, -0.2) is 24.8 Å². The molecule has 2 saturated heterocycles. The summed E-state index contributed by atoms with van der Waals surface area (Å²) in [5.74, 6) is 0. The van der Waals surface area contributed by atoms with Gasteiger partial charge in [0.2, 0.25) is 0 Å². The molecule has 2 aliphatic heterocycles. The number of ether oxygens (including phenoxy) is 1. The van der Waals surface area contributed by atoms with Gasteiger partial charge in [0.25, 0.3) is 0 Å². The maximum Gasteiger partial charge on any atom is 0.119 e. The van der Waals surface area contributed by atoms with Gasteiger partial charge in [-0.2, -0.15) is 0 Å². The average molecular weight is 99.1 g/mol. The summed E-state index contributed by atoms with van der Waals surface area (Å²) >= 11 is 0. The van der Waals surface area contributed by atoms with Gasteiger partial charge in [0, 0.05) is 13.1 Å². The van der Waals surface area contributed by atoms with Crippen molar-refractivity contribution in [3.8, 4) is 0 Å². The second-order valence-corrected chi connectivity index (χ2v) is 2.43. The summed E-state index contributed by atoms with van der Waals surface area (Å²) in [7, 11) is 0. The van der Waals surface area contributed by atoms with Gasteiger partial charge < -0.3 is 10.1 Å². The molecule has 7 heavy (non-hydrogen) atoms. The van der Waals surface area contributed by atoms with Gasteiger partial charge in [0.15, 0.2) is 0 Å². The van der Waals surface area contributed by atoms with Gasteiger partial charge in [-0.1, -0.05) is 0 Å². The van der Waals surface area contributed by atoms with E-state index in [0.717, 1.165) is 13.1 Å². The lowest BCUT2D eigenvalue weighted by molar-refractivity contribution is 0.222. The fraction of sp³-hybridized carbons (Fsp3) is 1.00. The second kappa shape index (κ2) is 0.858. The first-order chi connectivity index (χ1) is 3.33. The SMILES string of the molecule is CC1OC12CNC2. The monoisotopic (exact) mass is 99.1 g/mol. The predicted octanol–water partition coefficient (Wildman–Crippen LogP) is -0.253. The Hall–Kier alpha value is -0.0800. The minimum Gasteiger partial charge on any atom is -0.364 e. The topological polar surface area (TPSA) is 24.6 Å². The standard InChI is InChI=1S/C5H9NO/c1-4-5(7-4)2-6-3-5/h4,6H,2-3H2,1H3. The van der Waals surface area contributed by atoms with E-state index in [9.17, 15) is 0 Å². The van der Waals surface area contributed by atoms with Gasteiger partial charge in [-0.15, -0.1) is 0 Å². The highest BCUT2D eigenvalue weighted by molar-refractivity contribution is 5.10. The molecule has 0 amide bonds. The number of hydrogen-bond acceptors (Lipinski definition) is 2. The van der Waals surface area contributed by atoms with E-state index < -0.39 is 0 Å². The molecule has 0 aromatic carbocycles. The van der Waals surface area contributed by atoms with E-state index in [1.54, 1.807) is 0 Å². The Morgan fingerprint density at radius 3 is 2.29 bits per heavy atom. The van der Waals surface area contributed by atoms with E-state index >= 15 is 0 Å². The third kappa shape index (κ3) is 0.318. The zero-order chi connectivity index (χ0) is 4.91. The Kier molecular flexibility index (Phi) is 0.474. The summed E-state index contributed by atoms with van der Waals surface area (Å²) in [5.41, 5.74) is 0.319. The Balaban J connectivity index is 2.05. The van der Waals surface area contributed by atoms with E-state index in [0.29, 0.717) is 11.7 Å². The molecular weight excluding hydrogens is 90.1 g/mol. The van der Waals surface area contributed by atoms with Crippen molar-refractivity contribution < 1.29 is 4.74 Å². The van der Waals surface area contributed by atoms with Crippen molar-refractivity contribution in [1.82, 2.24) is 5.32 Å². The van der Waals surface area contributed by atoms with E-state index in [4.69, 9.17) is 4.74 Å². The lowest BCUT2D eigenvalue weighted by atomic mass is 10.0. The maximum absolute atomic E-state index is 5.28. The van der Waals surface area contributed by atoms with Gasteiger partial charge >= 0.3 is 0 Å². The molecule has 0 bridgehead atoms. The third-order valence-corrected chi connectivity index (χ3v) is 1.94. The van der Waals surface area contributed by atoms with Crippen molar-refractivity contribution in [2.45, 2.75) is 18.6 Å². The predicted molar refractivity (Wildman–Crippen MR) is 26.1 cm³/mol. The van der Waals surface area contributed by atoms with Crippen molar-refractivity contribution in [2.75, 3.05) is 13.1 Å². The fourth-order valence-electron chi connectivity index (χ4n) is 1.06. The average Bonchev–Trinajstić information content (AvgIpc) is 2.10. The molecule has 1 unspecified atom stereocenters. The van der Waals surface area contributed by atoms with Crippen LogP contribution in [0, 0.1) is 0 Å². The third-order valence-electron chi connectivity index (χ3n) is 1.94. The quantitative estimate of drug-likeness (QED) is 0.423. The van der Waals surface area contributed by atoms with Gasteiger partial charge in [0.1, 0.15) is 5.60 Å². The summed E-state index contributed by atoms with van der Waals surface area (Å²) in [6, 6.07) is 0. The molecule has 1 N–H and O–H groups in total. The molecule has 2 aliphatic rings. The zero-order valence-electron chi connectivity index (χ0n) is 4.40. The number of epoxide rings is 1. The zero-order valence-corrected chi connectivity index (χ0v) is 4.40. The summed E-state index contributed by atoms with van der Waals surface area (Å²) < 4.78 is 5.28. The fourth-order valence-corrected chi connectivity index (χ4v) is 1.06. The van der Waals surface area contributed by atoms with E-state index in [1.165, 1.54) is 0 Å². The van der Waals surface area contributed by atoms with Crippen molar-refractivity contribution >= 4 is 0 Å². The van der Waals surface area contributed by atoms with Crippen molar-refractivity contribution in [2.24, 2.45) is 0 Å². The molecule has 2 rings (SSSR count). The molecule has 2 heteroatoms. The Labute approximate surface area is 42.9 Å². The van der Waals surface area contributed by atoms with Crippen LogP contribution in [0.1, 0.15) is 6.92 Å². The molecule has 2 fully saturated rings. The molecule has 0 aromatic heterocycles. The van der Waals surface area contributed by atoms with E-state index in [-0.39, 0.29) is 0 Å². The molecular formula is C5H9NO. The normalized spacial score (nSPS) is 43.3. The largest absolute Gasteiger partial charge is 0.364 e. The highest BCUT2D eigenvalue weighted by atomic mass is 16.6. The van der Waals surface area contributed by atoms with Crippen molar-refractivity contribution in [1.29, 1.82) is 0 Å².